The summed E-state index contributed by atoms with van der Waals surface area (Å²) in [6.07, 6.45) is 2.32. The minimum absolute atomic E-state index is 0.0753. The first-order chi connectivity index (χ1) is 12.6. The van der Waals surface area contributed by atoms with Gasteiger partial charge in [-0.3, -0.25) is 14.5 Å². The van der Waals surface area contributed by atoms with Gasteiger partial charge in [-0.1, -0.05) is 11.8 Å². The van der Waals surface area contributed by atoms with Gasteiger partial charge >= 0.3 is 0 Å². The van der Waals surface area contributed by atoms with Crippen LogP contribution in [0.2, 0.25) is 0 Å². The smallest absolute Gasteiger partial charge is 0.269 e. The van der Waals surface area contributed by atoms with E-state index in [1.54, 1.807) is 18.0 Å². The number of thioether (sulfide) groups is 1. The molecule has 8 nitrogen and oxygen atoms in total. The van der Waals surface area contributed by atoms with Crippen LogP contribution in [0.15, 0.2) is 11.4 Å². The minimum Gasteiger partial charge on any atom is -0.349 e. The molecule has 2 amide bonds. The van der Waals surface area contributed by atoms with Gasteiger partial charge in [0.25, 0.3) is 5.91 Å². The number of carbonyl (C=O) groups is 2. The van der Waals surface area contributed by atoms with Gasteiger partial charge in [0.1, 0.15) is 5.69 Å². The van der Waals surface area contributed by atoms with Gasteiger partial charge in [-0.2, -0.15) is 5.26 Å². The first-order valence-electron chi connectivity index (χ1n) is 8.93. The Morgan fingerprint density at radius 2 is 2.27 bits per heavy atom. The lowest BCUT2D eigenvalue weighted by molar-refractivity contribution is -0.135. The number of aromatic nitrogens is 2. The number of imidazole rings is 1. The largest absolute Gasteiger partial charge is 0.349 e. The number of carbonyl (C=O) groups excluding carboxylic acids is 2. The van der Waals surface area contributed by atoms with Gasteiger partial charge in [0.2, 0.25) is 5.91 Å². The van der Waals surface area contributed by atoms with Crippen LogP contribution in [0, 0.1) is 23.2 Å². The Hall–Kier alpha value is -2.05. The summed E-state index contributed by atoms with van der Waals surface area (Å²) in [4.78, 5) is 33.3. The van der Waals surface area contributed by atoms with Gasteiger partial charge in [-0.15, -0.1) is 0 Å². The molecule has 1 saturated carbocycles. The summed E-state index contributed by atoms with van der Waals surface area (Å²) in [5.74, 6) is 0.700. The van der Waals surface area contributed by atoms with Crippen molar-refractivity contribution in [1.29, 1.82) is 5.26 Å². The second-order valence-corrected chi connectivity index (χ2v) is 8.19. The summed E-state index contributed by atoms with van der Waals surface area (Å²) < 4.78 is 1.95. The highest BCUT2D eigenvalue weighted by molar-refractivity contribution is 7.99. The Labute approximate surface area is 156 Å². The van der Waals surface area contributed by atoms with E-state index < -0.39 is 0 Å². The van der Waals surface area contributed by atoms with Gasteiger partial charge in [-0.25, -0.2) is 4.98 Å². The Morgan fingerprint density at radius 3 is 3.04 bits per heavy atom. The number of fused-ring (bicyclic) bond motifs is 1. The quantitative estimate of drug-likeness (QED) is 0.799. The average molecular weight is 374 g/mol. The van der Waals surface area contributed by atoms with Crippen LogP contribution in [0.4, 0.5) is 0 Å². The number of hydrogen-bond donors (Lipinski definition) is 1. The zero-order valence-corrected chi connectivity index (χ0v) is 15.5. The van der Waals surface area contributed by atoms with Crippen LogP contribution in [-0.4, -0.2) is 76.2 Å². The molecular formula is C17H22N6O2S. The van der Waals surface area contributed by atoms with Crippen molar-refractivity contribution in [3.63, 3.8) is 0 Å². The van der Waals surface area contributed by atoms with Crippen molar-refractivity contribution in [3.8, 4) is 6.07 Å². The number of piperazine rings is 1. The van der Waals surface area contributed by atoms with E-state index in [0.717, 1.165) is 24.0 Å². The van der Waals surface area contributed by atoms with Crippen molar-refractivity contribution in [2.45, 2.75) is 24.2 Å². The molecule has 3 heterocycles. The SMILES string of the molecule is CN1CCN(C(=O)[C@@H]2C[C@H]2C#N)CC1CNC(=O)c1cnc2n1CCS2. The summed E-state index contributed by atoms with van der Waals surface area (Å²) in [7, 11) is 2.01. The van der Waals surface area contributed by atoms with Crippen LogP contribution in [-0.2, 0) is 11.3 Å². The van der Waals surface area contributed by atoms with E-state index in [1.807, 2.05) is 16.5 Å². The molecule has 138 valence electrons. The number of rotatable bonds is 4. The average Bonchev–Trinajstić information content (AvgIpc) is 3.10. The van der Waals surface area contributed by atoms with Crippen LogP contribution < -0.4 is 5.32 Å². The maximum atomic E-state index is 12.5. The number of nitriles is 1. The molecule has 3 aliphatic rings. The van der Waals surface area contributed by atoms with E-state index in [0.29, 0.717) is 31.7 Å². The van der Waals surface area contributed by atoms with Crippen molar-refractivity contribution in [1.82, 2.24) is 24.7 Å². The van der Waals surface area contributed by atoms with Gasteiger partial charge in [0.15, 0.2) is 5.16 Å². The van der Waals surface area contributed by atoms with Crippen molar-refractivity contribution < 1.29 is 9.59 Å². The van der Waals surface area contributed by atoms with Crippen LogP contribution in [0.25, 0.3) is 0 Å². The second kappa shape index (κ2) is 6.93. The summed E-state index contributed by atoms with van der Waals surface area (Å²) >= 11 is 1.66. The van der Waals surface area contributed by atoms with Crippen LogP contribution in [0.1, 0.15) is 16.9 Å². The van der Waals surface area contributed by atoms with Crippen molar-refractivity contribution >= 4 is 23.6 Å². The van der Waals surface area contributed by atoms with Crippen molar-refractivity contribution in [2.75, 3.05) is 39.0 Å². The first-order valence-corrected chi connectivity index (χ1v) is 9.92. The van der Waals surface area contributed by atoms with E-state index in [-0.39, 0.29) is 29.7 Å². The topological polar surface area (TPSA) is 94.3 Å². The predicted octanol–water partition coefficient (Wildman–Crippen LogP) is 0.0209. The van der Waals surface area contributed by atoms with Gasteiger partial charge in [0.05, 0.1) is 24.1 Å². The molecule has 2 aliphatic heterocycles. The van der Waals surface area contributed by atoms with E-state index in [4.69, 9.17) is 5.26 Å². The molecule has 1 aliphatic carbocycles. The highest BCUT2D eigenvalue weighted by Crippen LogP contribution is 2.39. The molecule has 4 rings (SSSR count). The summed E-state index contributed by atoms with van der Waals surface area (Å²) in [5, 5.41) is 12.8. The maximum absolute atomic E-state index is 12.5. The molecule has 0 bridgehead atoms. The molecule has 26 heavy (non-hydrogen) atoms. The Balaban J connectivity index is 1.34. The molecule has 1 N–H and O–H groups in total. The third-order valence-electron chi connectivity index (χ3n) is 5.46. The Morgan fingerprint density at radius 1 is 1.42 bits per heavy atom. The Kier molecular flexibility index (Phi) is 4.63. The monoisotopic (exact) mass is 374 g/mol. The lowest BCUT2D eigenvalue weighted by Crippen LogP contribution is -2.57. The zero-order chi connectivity index (χ0) is 18.3. The summed E-state index contributed by atoms with van der Waals surface area (Å²) in [5.41, 5.74) is 0.603. The van der Waals surface area contributed by atoms with E-state index >= 15 is 0 Å². The molecule has 2 fully saturated rings. The zero-order valence-electron chi connectivity index (χ0n) is 14.7. The molecule has 1 saturated heterocycles. The predicted molar refractivity (Wildman–Crippen MR) is 95.5 cm³/mol. The van der Waals surface area contributed by atoms with E-state index in [2.05, 4.69) is 21.3 Å². The number of amides is 2. The lowest BCUT2D eigenvalue weighted by atomic mass is 10.1. The molecule has 1 aromatic heterocycles. The molecule has 1 unspecified atom stereocenters. The molecule has 3 atom stereocenters. The normalized spacial score (nSPS) is 27.7. The third kappa shape index (κ3) is 3.19. The fraction of sp³-hybridized carbons (Fsp3) is 0.647. The first kappa shape index (κ1) is 17.4. The molecule has 9 heteroatoms. The molecule has 0 radical (unpaired) electrons. The standard InChI is InChI=1S/C17H22N6O2S/c1-21-2-3-22(16(25)13-6-11(13)7-18)10-12(21)8-19-15(24)14-9-20-17-23(14)4-5-26-17/h9,11-13H,2-6,8,10H2,1H3,(H,19,24)/t11-,12?,13+/m0/s1. The van der Waals surface area contributed by atoms with E-state index in [9.17, 15) is 9.59 Å². The van der Waals surface area contributed by atoms with Crippen molar-refractivity contribution in [3.05, 3.63) is 11.9 Å². The van der Waals surface area contributed by atoms with Crippen LogP contribution in [0.3, 0.4) is 0 Å². The lowest BCUT2D eigenvalue weighted by Gasteiger charge is -2.39. The third-order valence-corrected chi connectivity index (χ3v) is 6.43. The maximum Gasteiger partial charge on any atom is 0.269 e. The highest BCUT2D eigenvalue weighted by Gasteiger charge is 2.46. The van der Waals surface area contributed by atoms with E-state index in [1.165, 1.54) is 0 Å². The van der Waals surface area contributed by atoms with Gasteiger partial charge < -0.3 is 14.8 Å². The summed E-state index contributed by atoms with van der Waals surface area (Å²) in [6, 6.07) is 2.26. The van der Waals surface area contributed by atoms with Crippen LogP contribution in [0.5, 0.6) is 0 Å². The van der Waals surface area contributed by atoms with Crippen LogP contribution >= 0.6 is 11.8 Å². The molecule has 0 aromatic carbocycles. The second-order valence-electron chi connectivity index (χ2n) is 7.13. The fourth-order valence-electron chi connectivity index (χ4n) is 3.61. The van der Waals surface area contributed by atoms with Gasteiger partial charge in [-0.05, 0) is 13.5 Å². The number of nitrogens with zero attached hydrogens (tertiary/aromatic N) is 5. The number of likely N-dealkylation sites (N-methyl/N-ethyl adjacent to an activating group) is 1. The Bertz CT molecular complexity index is 772. The number of nitrogens with one attached hydrogen (secondary N) is 1. The fourth-order valence-corrected chi connectivity index (χ4v) is 4.54. The highest BCUT2D eigenvalue weighted by atomic mass is 32.2. The van der Waals surface area contributed by atoms with Crippen molar-refractivity contribution in [2.24, 2.45) is 11.8 Å². The number of hydrogen-bond acceptors (Lipinski definition) is 6. The molecule has 0 spiro atoms. The van der Waals surface area contributed by atoms with Gasteiger partial charge in [0, 0.05) is 44.5 Å². The minimum atomic E-state index is -0.120. The molecular weight excluding hydrogens is 352 g/mol. The molecule has 1 aromatic rings. The summed E-state index contributed by atoms with van der Waals surface area (Å²) in [6.45, 7) is 3.34.